The molecule has 0 bridgehead atoms. The number of rotatable bonds is 14. The molecule has 49 heavy (non-hydrogen) atoms. The molecule has 0 saturated carbocycles. The van der Waals surface area contributed by atoms with E-state index < -0.39 is 16.9 Å². The van der Waals surface area contributed by atoms with Crippen molar-refractivity contribution < 1.29 is 38.1 Å². The van der Waals surface area contributed by atoms with Crippen LogP contribution in [0.3, 0.4) is 0 Å². The summed E-state index contributed by atoms with van der Waals surface area (Å²) in [4.78, 5) is 37.9. The fraction of sp³-hybridized carbons (Fsp3) is 0.176. The van der Waals surface area contributed by atoms with Gasteiger partial charge in [-0.1, -0.05) is 71.7 Å². The van der Waals surface area contributed by atoms with Gasteiger partial charge < -0.3 is 23.8 Å². The van der Waals surface area contributed by atoms with Crippen LogP contribution in [0.15, 0.2) is 89.6 Å². The summed E-state index contributed by atoms with van der Waals surface area (Å²) >= 11 is 12.5. The molecule has 0 radical (unpaired) electrons. The number of hydrogen-bond acceptors (Lipinski definition) is 12. The number of hydrogen-bond donors (Lipinski definition) is 0. The molecule has 0 amide bonds. The smallest absolute Gasteiger partial charge is 0.344 e. The minimum Gasteiger partial charge on any atom is -0.481 e. The lowest BCUT2D eigenvalue weighted by atomic mass is 10.1. The Morgan fingerprint density at radius 1 is 0.694 bits per heavy atom. The SMILES string of the molecule is O=C(COc1ccc(Cl)c2ccccc12)OCCN(CCOC(=O)COc1ccc(Cl)c2ccccc12)c1ccc([N+](=O)[O-])c2nonc12. The highest BCUT2D eigenvalue weighted by molar-refractivity contribution is 6.36. The summed E-state index contributed by atoms with van der Waals surface area (Å²) in [6.45, 7) is -0.731. The number of nitro benzene ring substituents is 1. The quantitative estimate of drug-likeness (QED) is 0.0665. The normalized spacial score (nSPS) is 11.1. The van der Waals surface area contributed by atoms with Crippen molar-refractivity contribution in [1.29, 1.82) is 0 Å². The van der Waals surface area contributed by atoms with Gasteiger partial charge in [0, 0.05) is 37.7 Å². The average molecular weight is 706 g/mol. The molecule has 1 aromatic heterocycles. The number of nitrogens with zero attached hydrogens (tertiary/aromatic N) is 4. The van der Waals surface area contributed by atoms with E-state index in [9.17, 15) is 19.7 Å². The van der Waals surface area contributed by atoms with Crippen LogP contribution in [0, 0.1) is 10.1 Å². The Labute approximate surface area is 287 Å². The Kier molecular flexibility index (Phi) is 10.2. The summed E-state index contributed by atoms with van der Waals surface area (Å²) in [7, 11) is 0. The second-order valence-corrected chi connectivity index (χ2v) is 11.3. The Morgan fingerprint density at radius 3 is 1.69 bits per heavy atom. The molecule has 6 aromatic rings. The van der Waals surface area contributed by atoms with Gasteiger partial charge in [-0.15, -0.1) is 0 Å². The molecular weight excluding hydrogens is 679 g/mol. The number of anilines is 1. The maximum absolute atomic E-state index is 12.6. The van der Waals surface area contributed by atoms with Crippen LogP contribution in [0.4, 0.5) is 11.4 Å². The van der Waals surface area contributed by atoms with Crippen molar-refractivity contribution in [1.82, 2.24) is 10.3 Å². The lowest BCUT2D eigenvalue weighted by Crippen LogP contribution is -2.33. The van der Waals surface area contributed by atoms with Crippen molar-refractivity contribution in [2.75, 3.05) is 44.4 Å². The standard InChI is InChI=1S/C34H26Cl2N4O9/c35-25-9-13-29(23-7-3-1-5-21(23)25)47-19-31(41)45-17-15-39(27-11-12-28(40(43)44)34-33(27)37-49-38-34)16-18-46-32(42)20-48-30-14-10-26(36)22-6-2-4-8-24(22)30/h1-14H,15-20H2. The molecule has 0 aliphatic rings. The average Bonchev–Trinajstić information content (AvgIpc) is 3.60. The highest BCUT2D eigenvalue weighted by atomic mass is 35.5. The van der Waals surface area contributed by atoms with E-state index >= 15 is 0 Å². The van der Waals surface area contributed by atoms with Crippen LogP contribution in [0.25, 0.3) is 32.6 Å². The van der Waals surface area contributed by atoms with Crippen molar-refractivity contribution in [3.63, 3.8) is 0 Å². The summed E-state index contributed by atoms with van der Waals surface area (Å²) in [5.41, 5.74) is 0.148. The highest BCUT2D eigenvalue weighted by Gasteiger charge is 2.23. The number of ether oxygens (including phenoxy) is 4. The van der Waals surface area contributed by atoms with E-state index in [0.717, 1.165) is 21.5 Å². The third kappa shape index (κ3) is 7.58. The second-order valence-electron chi connectivity index (χ2n) is 10.5. The fourth-order valence-electron chi connectivity index (χ4n) is 5.21. The number of non-ortho nitro benzene ring substituents is 1. The molecule has 6 rings (SSSR count). The summed E-state index contributed by atoms with van der Waals surface area (Å²) in [5.74, 6) is -0.315. The van der Waals surface area contributed by atoms with Gasteiger partial charge in [0.1, 0.15) is 24.7 Å². The first-order valence-corrected chi connectivity index (χ1v) is 15.6. The molecule has 1 heterocycles. The van der Waals surface area contributed by atoms with E-state index in [1.165, 1.54) is 12.1 Å². The summed E-state index contributed by atoms with van der Waals surface area (Å²) in [6.07, 6.45) is 0. The van der Waals surface area contributed by atoms with Crippen molar-refractivity contribution in [2.45, 2.75) is 0 Å². The van der Waals surface area contributed by atoms with E-state index in [2.05, 4.69) is 10.3 Å². The second kappa shape index (κ2) is 15.0. The number of aromatic nitrogens is 2. The lowest BCUT2D eigenvalue weighted by molar-refractivity contribution is -0.383. The van der Waals surface area contributed by atoms with E-state index in [0.29, 0.717) is 27.2 Å². The molecule has 0 unspecified atom stereocenters. The minimum atomic E-state index is -0.630. The van der Waals surface area contributed by atoms with Gasteiger partial charge in [0.2, 0.25) is 5.52 Å². The molecule has 15 heteroatoms. The molecule has 0 saturated heterocycles. The van der Waals surface area contributed by atoms with Crippen LogP contribution in [0.2, 0.25) is 10.0 Å². The topological polar surface area (TPSA) is 156 Å². The fourth-order valence-corrected chi connectivity index (χ4v) is 5.67. The predicted molar refractivity (Wildman–Crippen MR) is 181 cm³/mol. The number of nitro groups is 1. The zero-order chi connectivity index (χ0) is 34.3. The van der Waals surface area contributed by atoms with Gasteiger partial charge in [0.25, 0.3) is 0 Å². The summed E-state index contributed by atoms with van der Waals surface area (Å²) in [5, 5.41) is 23.2. The molecule has 250 valence electrons. The van der Waals surface area contributed by atoms with E-state index in [-0.39, 0.29) is 56.2 Å². The first-order valence-electron chi connectivity index (χ1n) is 14.9. The molecule has 13 nitrogen and oxygen atoms in total. The number of fused-ring (bicyclic) bond motifs is 3. The third-order valence-corrected chi connectivity index (χ3v) is 8.17. The van der Waals surface area contributed by atoms with Crippen LogP contribution in [-0.2, 0) is 19.1 Å². The zero-order valence-electron chi connectivity index (χ0n) is 25.5. The number of carbonyl (C=O) groups is 2. The van der Waals surface area contributed by atoms with Crippen molar-refractivity contribution in [2.24, 2.45) is 0 Å². The Bertz CT molecular complexity index is 2070. The molecule has 0 N–H and O–H groups in total. The number of benzene rings is 5. The van der Waals surface area contributed by atoms with Crippen LogP contribution in [-0.4, -0.2) is 66.7 Å². The Morgan fingerprint density at radius 2 is 1.18 bits per heavy atom. The van der Waals surface area contributed by atoms with Crippen LogP contribution in [0.1, 0.15) is 0 Å². The van der Waals surface area contributed by atoms with Gasteiger partial charge in [-0.2, -0.15) is 0 Å². The van der Waals surface area contributed by atoms with Gasteiger partial charge in [0.05, 0.1) is 23.7 Å². The number of halogens is 2. The Balaban J connectivity index is 1.08. The van der Waals surface area contributed by atoms with Crippen molar-refractivity contribution >= 4 is 79.1 Å². The molecule has 0 fully saturated rings. The van der Waals surface area contributed by atoms with Gasteiger partial charge >= 0.3 is 17.6 Å². The summed E-state index contributed by atoms with van der Waals surface area (Å²) < 4.78 is 27.1. The molecular formula is C34H26Cl2N4O9. The van der Waals surface area contributed by atoms with Crippen LogP contribution < -0.4 is 14.4 Å². The highest BCUT2D eigenvalue weighted by Crippen LogP contribution is 2.33. The van der Waals surface area contributed by atoms with E-state index in [1.807, 2.05) is 48.5 Å². The first-order chi connectivity index (χ1) is 23.8. The maximum atomic E-state index is 12.6. The lowest BCUT2D eigenvalue weighted by Gasteiger charge is -2.24. The minimum absolute atomic E-state index is 0.0614. The van der Waals surface area contributed by atoms with Gasteiger partial charge in [-0.25, -0.2) is 14.2 Å². The number of carbonyl (C=O) groups excluding carboxylic acids is 2. The van der Waals surface area contributed by atoms with Crippen LogP contribution >= 0.6 is 23.2 Å². The van der Waals surface area contributed by atoms with Crippen LogP contribution in [0.5, 0.6) is 11.5 Å². The molecule has 0 aliphatic carbocycles. The maximum Gasteiger partial charge on any atom is 0.344 e. The number of esters is 2. The zero-order valence-corrected chi connectivity index (χ0v) is 27.1. The Hall–Kier alpha value is -5.66. The predicted octanol–water partition coefficient (Wildman–Crippen LogP) is 6.80. The van der Waals surface area contributed by atoms with Crippen molar-refractivity contribution in [3.05, 3.63) is 105 Å². The molecule has 0 spiro atoms. The van der Waals surface area contributed by atoms with Gasteiger partial charge in [0.15, 0.2) is 18.7 Å². The van der Waals surface area contributed by atoms with E-state index in [4.69, 9.17) is 46.8 Å². The first kappa shape index (κ1) is 33.2. The monoisotopic (exact) mass is 704 g/mol. The van der Waals surface area contributed by atoms with Crippen molar-refractivity contribution in [3.8, 4) is 11.5 Å². The largest absolute Gasteiger partial charge is 0.481 e. The van der Waals surface area contributed by atoms with Gasteiger partial charge in [-0.05, 0) is 40.6 Å². The molecule has 5 aromatic carbocycles. The summed E-state index contributed by atoms with van der Waals surface area (Å²) in [6, 6.07) is 24.2. The third-order valence-electron chi connectivity index (χ3n) is 7.51. The van der Waals surface area contributed by atoms with E-state index in [1.54, 1.807) is 29.2 Å². The van der Waals surface area contributed by atoms with Gasteiger partial charge in [-0.3, -0.25) is 10.1 Å². The molecule has 0 atom stereocenters. The molecule has 0 aliphatic heterocycles.